The fraction of sp³-hybridized carbons (Fsp3) is 0.417. The van der Waals surface area contributed by atoms with Crippen molar-refractivity contribution < 1.29 is 18.7 Å². The molecule has 1 heterocycles. The van der Waals surface area contributed by atoms with Gasteiger partial charge in [0.2, 0.25) is 0 Å². The van der Waals surface area contributed by atoms with Crippen LogP contribution in [0.4, 0.5) is 8.78 Å². The van der Waals surface area contributed by atoms with Gasteiger partial charge in [0, 0.05) is 12.1 Å². The van der Waals surface area contributed by atoms with E-state index in [1.807, 2.05) is 0 Å². The summed E-state index contributed by atoms with van der Waals surface area (Å²) in [6.45, 7) is 0.744. The zero-order chi connectivity index (χ0) is 12.4. The second-order valence-electron chi connectivity index (χ2n) is 4.18. The average molecular weight is 241 g/mol. The number of carboxylic acid groups (broad SMARTS) is 1. The van der Waals surface area contributed by atoms with E-state index in [1.54, 1.807) is 4.90 Å². The summed E-state index contributed by atoms with van der Waals surface area (Å²) in [6.07, 6.45) is 1.33. The molecule has 1 atom stereocenters. The van der Waals surface area contributed by atoms with Crippen molar-refractivity contribution in [2.24, 2.45) is 0 Å². The molecular weight excluding hydrogens is 228 g/mol. The van der Waals surface area contributed by atoms with E-state index in [0.29, 0.717) is 13.0 Å². The minimum atomic E-state index is -0.903. The van der Waals surface area contributed by atoms with Crippen LogP contribution in [-0.2, 0) is 11.3 Å². The smallest absolute Gasteiger partial charge is 0.320 e. The first kappa shape index (κ1) is 12.0. The lowest BCUT2D eigenvalue weighted by molar-refractivity contribution is -0.142. The largest absolute Gasteiger partial charge is 0.480 e. The number of carbonyl (C=O) groups is 1. The number of halogens is 2. The Morgan fingerprint density at radius 2 is 2.24 bits per heavy atom. The van der Waals surface area contributed by atoms with Crippen LogP contribution >= 0.6 is 0 Å². The lowest BCUT2D eigenvalue weighted by Crippen LogP contribution is -2.35. The Balaban J connectivity index is 2.15. The highest BCUT2D eigenvalue weighted by atomic mass is 19.2. The summed E-state index contributed by atoms with van der Waals surface area (Å²) in [6, 6.07) is 3.38. The summed E-state index contributed by atoms with van der Waals surface area (Å²) in [5.41, 5.74) is 0.207. The van der Waals surface area contributed by atoms with E-state index in [4.69, 9.17) is 5.11 Å². The second-order valence-corrected chi connectivity index (χ2v) is 4.18. The van der Waals surface area contributed by atoms with Crippen molar-refractivity contribution in [3.05, 3.63) is 35.4 Å². The molecule has 1 aromatic carbocycles. The number of likely N-dealkylation sites (tertiary alicyclic amines) is 1. The predicted octanol–water partition coefficient (Wildman–Crippen LogP) is 2.01. The molecule has 1 aromatic rings. The molecule has 0 radical (unpaired) electrons. The normalized spacial score (nSPS) is 20.7. The molecule has 1 aliphatic heterocycles. The maximum absolute atomic E-state index is 13.4. The monoisotopic (exact) mass is 241 g/mol. The fourth-order valence-electron chi connectivity index (χ4n) is 2.18. The van der Waals surface area contributed by atoms with Gasteiger partial charge in [-0.05, 0) is 25.5 Å². The maximum atomic E-state index is 13.4. The zero-order valence-corrected chi connectivity index (χ0v) is 9.20. The van der Waals surface area contributed by atoms with E-state index >= 15 is 0 Å². The zero-order valence-electron chi connectivity index (χ0n) is 9.20. The summed E-state index contributed by atoms with van der Waals surface area (Å²) in [7, 11) is 0. The second kappa shape index (κ2) is 4.79. The van der Waals surface area contributed by atoms with E-state index in [-0.39, 0.29) is 12.1 Å². The lowest BCUT2D eigenvalue weighted by Gasteiger charge is -2.21. The Morgan fingerprint density at radius 1 is 1.47 bits per heavy atom. The minimum absolute atomic E-state index is 0.139. The van der Waals surface area contributed by atoms with Gasteiger partial charge in [-0.1, -0.05) is 12.1 Å². The first-order chi connectivity index (χ1) is 8.09. The molecule has 17 heavy (non-hydrogen) atoms. The molecule has 1 fully saturated rings. The fourth-order valence-corrected chi connectivity index (χ4v) is 2.18. The third kappa shape index (κ3) is 2.44. The van der Waals surface area contributed by atoms with E-state index in [0.717, 1.165) is 12.5 Å². The number of carboxylic acids is 1. The van der Waals surface area contributed by atoms with Crippen LogP contribution in [-0.4, -0.2) is 28.6 Å². The molecule has 1 N–H and O–H groups in total. The number of benzene rings is 1. The SMILES string of the molecule is O=C(O)[C@H]1CCCN1Cc1cccc(F)c1F. The molecule has 1 saturated heterocycles. The van der Waals surface area contributed by atoms with Gasteiger partial charge in [-0.25, -0.2) is 8.78 Å². The van der Waals surface area contributed by atoms with Crippen molar-refractivity contribution in [1.82, 2.24) is 4.90 Å². The summed E-state index contributed by atoms with van der Waals surface area (Å²) in [5.74, 6) is -2.68. The van der Waals surface area contributed by atoms with Gasteiger partial charge in [-0.2, -0.15) is 0 Å². The van der Waals surface area contributed by atoms with Crippen LogP contribution < -0.4 is 0 Å². The molecule has 5 heteroatoms. The quantitative estimate of drug-likeness (QED) is 0.880. The minimum Gasteiger partial charge on any atom is -0.480 e. The van der Waals surface area contributed by atoms with Crippen LogP contribution in [0, 0.1) is 11.6 Å². The van der Waals surface area contributed by atoms with Crippen molar-refractivity contribution in [3.8, 4) is 0 Å². The van der Waals surface area contributed by atoms with Crippen molar-refractivity contribution in [3.63, 3.8) is 0 Å². The summed E-state index contributed by atoms with van der Waals surface area (Å²) in [4.78, 5) is 12.6. The van der Waals surface area contributed by atoms with Gasteiger partial charge in [0.15, 0.2) is 11.6 Å². The van der Waals surface area contributed by atoms with Gasteiger partial charge >= 0.3 is 5.97 Å². The number of aliphatic carboxylic acids is 1. The molecule has 0 spiro atoms. The first-order valence-electron chi connectivity index (χ1n) is 5.49. The van der Waals surface area contributed by atoms with Crippen molar-refractivity contribution in [2.75, 3.05) is 6.54 Å². The third-order valence-corrected chi connectivity index (χ3v) is 3.05. The van der Waals surface area contributed by atoms with Gasteiger partial charge in [0.05, 0.1) is 0 Å². The highest BCUT2D eigenvalue weighted by molar-refractivity contribution is 5.73. The van der Waals surface area contributed by atoms with Crippen LogP contribution in [0.2, 0.25) is 0 Å². The summed E-state index contributed by atoms with van der Waals surface area (Å²) >= 11 is 0. The third-order valence-electron chi connectivity index (χ3n) is 3.05. The van der Waals surface area contributed by atoms with Gasteiger partial charge in [-0.15, -0.1) is 0 Å². The van der Waals surface area contributed by atoms with Crippen molar-refractivity contribution in [1.29, 1.82) is 0 Å². The molecule has 2 rings (SSSR count). The van der Waals surface area contributed by atoms with Crippen LogP contribution in [0.3, 0.4) is 0 Å². The van der Waals surface area contributed by atoms with E-state index < -0.39 is 23.6 Å². The maximum Gasteiger partial charge on any atom is 0.320 e. The number of hydrogen-bond acceptors (Lipinski definition) is 2. The van der Waals surface area contributed by atoms with Crippen LogP contribution in [0.25, 0.3) is 0 Å². The molecule has 0 aromatic heterocycles. The van der Waals surface area contributed by atoms with Crippen molar-refractivity contribution >= 4 is 5.97 Å². The topological polar surface area (TPSA) is 40.5 Å². The number of nitrogens with zero attached hydrogens (tertiary/aromatic N) is 1. The molecule has 0 aliphatic carbocycles. The highest BCUT2D eigenvalue weighted by Gasteiger charge is 2.30. The Bertz CT molecular complexity index is 437. The van der Waals surface area contributed by atoms with Crippen molar-refractivity contribution in [2.45, 2.75) is 25.4 Å². The Labute approximate surface area is 97.7 Å². The predicted molar refractivity (Wildman–Crippen MR) is 57.4 cm³/mol. The Morgan fingerprint density at radius 3 is 2.94 bits per heavy atom. The Kier molecular flexibility index (Phi) is 3.38. The summed E-state index contributed by atoms with van der Waals surface area (Å²) < 4.78 is 26.4. The molecular formula is C12H13F2NO2. The molecule has 0 bridgehead atoms. The molecule has 3 nitrogen and oxygen atoms in total. The Hall–Kier alpha value is -1.49. The van der Waals surface area contributed by atoms with Gasteiger partial charge < -0.3 is 5.11 Å². The van der Waals surface area contributed by atoms with Gasteiger partial charge in [-0.3, -0.25) is 9.69 Å². The van der Waals surface area contributed by atoms with Crippen LogP contribution in [0.1, 0.15) is 18.4 Å². The summed E-state index contributed by atoms with van der Waals surface area (Å²) in [5, 5.41) is 8.98. The van der Waals surface area contributed by atoms with Crippen LogP contribution in [0.15, 0.2) is 18.2 Å². The molecule has 0 amide bonds. The molecule has 0 saturated carbocycles. The number of rotatable bonds is 3. The standard InChI is InChI=1S/C12H13F2NO2/c13-9-4-1-3-8(11(9)14)7-15-6-2-5-10(15)12(16)17/h1,3-4,10H,2,5-7H2,(H,16,17)/t10-/m1/s1. The van der Waals surface area contributed by atoms with E-state index in [9.17, 15) is 13.6 Å². The molecule has 0 unspecified atom stereocenters. The van der Waals surface area contributed by atoms with Gasteiger partial charge in [0.1, 0.15) is 6.04 Å². The van der Waals surface area contributed by atoms with E-state index in [1.165, 1.54) is 12.1 Å². The first-order valence-corrected chi connectivity index (χ1v) is 5.49. The molecule has 92 valence electrons. The average Bonchev–Trinajstić information content (AvgIpc) is 2.73. The van der Waals surface area contributed by atoms with Crippen LogP contribution in [0.5, 0.6) is 0 Å². The highest BCUT2D eigenvalue weighted by Crippen LogP contribution is 2.22. The van der Waals surface area contributed by atoms with Gasteiger partial charge in [0.25, 0.3) is 0 Å². The van der Waals surface area contributed by atoms with E-state index in [2.05, 4.69) is 0 Å². The lowest BCUT2D eigenvalue weighted by atomic mass is 10.1. The number of hydrogen-bond donors (Lipinski definition) is 1. The molecule has 1 aliphatic rings.